The minimum atomic E-state index is -0.553. The molecule has 0 spiro atoms. The first-order valence-electron chi connectivity index (χ1n) is 9.43. The van der Waals surface area contributed by atoms with Crippen LogP contribution in [-0.4, -0.2) is 64.1 Å². The molecule has 2 atom stereocenters. The van der Waals surface area contributed by atoms with Crippen molar-refractivity contribution in [3.63, 3.8) is 0 Å². The maximum atomic E-state index is 12.9. The Kier molecular flexibility index (Phi) is 5.22. The molecule has 0 N–H and O–H groups in total. The number of aromatic nitrogens is 1. The average molecular weight is 372 g/mol. The zero-order valence-electron chi connectivity index (χ0n) is 16.7. The molecule has 1 aromatic rings. The van der Waals surface area contributed by atoms with Crippen molar-refractivity contribution in [1.82, 2.24) is 14.8 Å². The van der Waals surface area contributed by atoms with E-state index >= 15 is 0 Å². The number of hydrogen-bond acceptors (Lipinski definition) is 5. The van der Waals surface area contributed by atoms with Crippen LogP contribution in [0.3, 0.4) is 0 Å². The zero-order chi connectivity index (χ0) is 19.8. The van der Waals surface area contributed by atoms with E-state index in [-0.39, 0.29) is 23.3 Å². The van der Waals surface area contributed by atoms with Crippen LogP contribution >= 0.6 is 0 Å². The van der Waals surface area contributed by atoms with Gasteiger partial charge in [0.1, 0.15) is 5.69 Å². The highest BCUT2D eigenvalue weighted by Gasteiger charge is 2.39. The van der Waals surface area contributed by atoms with E-state index < -0.39 is 6.10 Å². The molecule has 1 aromatic heterocycles. The second-order valence-electron chi connectivity index (χ2n) is 8.38. The van der Waals surface area contributed by atoms with E-state index in [2.05, 4.69) is 30.9 Å². The lowest BCUT2D eigenvalue weighted by molar-refractivity contribution is -0.146. The van der Waals surface area contributed by atoms with Gasteiger partial charge < -0.3 is 14.6 Å². The number of hydrogen-bond donors (Lipinski definition) is 0. The van der Waals surface area contributed by atoms with Crippen molar-refractivity contribution in [2.45, 2.75) is 53.2 Å². The molecule has 27 heavy (non-hydrogen) atoms. The van der Waals surface area contributed by atoms with Crippen molar-refractivity contribution in [3.05, 3.63) is 29.6 Å². The van der Waals surface area contributed by atoms with E-state index in [0.29, 0.717) is 31.7 Å². The Morgan fingerprint density at radius 3 is 2.56 bits per heavy atom. The third kappa shape index (κ3) is 4.12. The van der Waals surface area contributed by atoms with E-state index in [4.69, 9.17) is 4.84 Å². The molecule has 7 heteroatoms. The van der Waals surface area contributed by atoms with Gasteiger partial charge in [-0.25, -0.2) is 4.98 Å². The first kappa shape index (κ1) is 19.3. The molecule has 2 aliphatic heterocycles. The highest BCUT2D eigenvalue weighted by molar-refractivity contribution is 5.96. The van der Waals surface area contributed by atoms with Crippen LogP contribution < -0.4 is 0 Å². The van der Waals surface area contributed by atoms with Crippen molar-refractivity contribution >= 4 is 17.5 Å². The molecule has 0 bridgehead atoms. The van der Waals surface area contributed by atoms with E-state index in [1.165, 1.54) is 0 Å². The van der Waals surface area contributed by atoms with Gasteiger partial charge in [0.15, 0.2) is 0 Å². The van der Waals surface area contributed by atoms with Crippen LogP contribution in [-0.2, 0) is 9.63 Å². The fraction of sp³-hybridized carbons (Fsp3) is 0.600. The molecule has 1 saturated heterocycles. The number of aryl methyl sites for hydroxylation is 1. The van der Waals surface area contributed by atoms with E-state index in [1.54, 1.807) is 15.9 Å². The standard InChI is InChI=1S/C20H28N4O3/c1-13-7-6-8-15(21-13)18(25)23-9-10-24(14(2)12-23)19(26)16-11-17(22-27-16)20(3,4)5/h6-8,14,16H,9-12H2,1-5H3. The van der Waals surface area contributed by atoms with Crippen LogP contribution in [0, 0.1) is 12.3 Å². The molecule has 146 valence electrons. The maximum absolute atomic E-state index is 12.9. The minimum absolute atomic E-state index is 0.0497. The number of pyridine rings is 1. The fourth-order valence-corrected chi connectivity index (χ4v) is 3.43. The summed E-state index contributed by atoms with van der Waals surface area (Å²) in [6.45, 7) is 11.5. The van der Waals surface area contributed by atoms with Crippen LogP contribution in [0.5, 0.6) is 0 Å². The van der Waals surface area contributed by atoms with Crippen LogP contribution in [0.2, 0.25) is 0 Å². The molecule has 2 amide bonds. The highest BCUT2D eigenvalue weighted by Crippen LogP contribution is 2.27. The summed E-state index contributed by atoms with van der Waals surface area (Å²) in [5.74, 6) is -0.139. The number of nitrogens with zero attached hydrogens (tertiary/aromatic N) is 4. The van der Waals surface area contributed by atoms with Crippen molar-refractivity contribution in [2.24, 2.45) is 10.6 Å². The Morgan fingerprint density at radius 2 is 1.96 bits per heavy atom. The third-order valence-electron chi connectivity index (χ3n) is 5.12. The molecular formula is C20H28N4O3. The van der Waals surface area contributed by atoms with Gasteiger partial charge in [-0.3, -0.25) is 9.59 Å². The lowest BCUT2D eigenvalue weighted by Crippen LogP contribution is -2.57. The highest BCUT2D eigenvalue weighted by atomic mass is 16.6. The monoisotopic (exact) mass is 372 g/mol. The molecule has 3 heterocycles. The molecular weight excluding hydrogens is 344 g/mol. The number of rotatable bonds is 2. The molecule has 0 aliphatic carbocycles. The van der Waals surface area contributed by atoms with Crippen molar-refractivity contribution < 1.29 is 14.4 Å². The number of oxime groups is 1. The number of amides is 2. The molecule has 2 unspecified atom stereocenters. The van der Waals surface area contributed by atoms with E-state index in [9.17, 15) is 9.59 Å². The number of carbonyl (C=O) groups is 2. The Labute approximate surface area is 160 Å². The van der Waals surface area contributed by atoms with Crippen LogP contribution in [0.15, 0.2) is 23.4 Å². The summed E-state index contributed by atoms with van der Waals surface area (Å²) in [7, 11) is 0. The van der Waals surface area contributed by atoms with Gasteiger partial charge in [0, 0.05) is 43.2 Å². The predicted molar refractivity (Wildman–Crippen MR) is 102 cm³/mol. The molecule has 0 radical (unpaired) electrons. The molecule has 0 aromatic carbocycles. The fourth-order valence-electron chi connectivity index (χ4n) is 3.43. The molecule has 1 fully saturated rings. The minimum Gasteiger partial charge on any atom is -0.382 e. The van der Waals surface area contributed by atoms with Gasteiger partial charge in [0.2, 0.25) is 6.10 Å². The van der Waals surface area contributed by atoms with Gasteiger partial charge >= 0.3 is 0 Å². The van der Waals surface area contributed by atoms with Crippen molar-refractivity contribution in [3.8, 4) is 0 Å². The van der Waals surface area contributed by atoms with Gasteiger partial charge in [0.05, 0.1) is 5.71 Å². The Hall–Kier alpha value is -2.44. The maximum Gasteiger partial charge on any atom is 0.272 e. The largest absolute Gasteiger partial charge is 0.382 e. The lowest BCUT2D eigenvalue weighted by Gasteiger charge is -2.40. The van der Waals surface area contributed by atoms with E-state index in [1.807, 2.05) is 26.0 Å². The summed E-state index contributed by atoms with van der Waals surface area (Å²) < 4.78 is 0. The summed E-state index contributed by atoms with van der Waals surface area (Å²) in [5, 5.41) is 4.12. The zero-order valence-corrected chi connectivity index (χ0v) is 16.7. The van der Waals surface area contributed by atoms with Crippen LogP contribution in [0.1, 0.15) is 50.3 Å². The Morgan fingerprint density at radius 1 is 1.22 bits per heavy atom. The molecule has 3 rings (SSSR count). The van der Waals surface area contributed by atoms with Gasteiger partial charge in [-0.15, -0.1) is 0 Å². The van der Waals surface area contributed by atoms with E-state index in [0.717, 1.165) is 11.4 Å². The van der Waals surface area contributed by atoms with Crippen molar-refractivity contribution in [2.75, 3.05) is 19.6 Å². The SMILES string of the molecule is Cc1cccc(C(=O)N2CCN(C(=O)C3CC(C(C)(C)C)=NO3)C(C)C2)n1. The summed E-state index contributed by atoms with van der Waals surface area (Å²) in [6.07, 6.45) is -0.0242. The van der Waals surface area contributed by atoms with Crippen LogP contribution in [0.25, 0.3) is 0 Å². The first-order chi connectivity index (χ1) is 12.7. The summed E-state index contributed by atoms with van der Waals surface area (Å²) in [6, 6.07) is 5.35. The Balaban J connectivity index is 1.60. The number of piperazine rings is 1. The number of carbonyl (C=O) groups excluding carboxylic acids is 2. The quantitative estimate of drug-likeness (QED) is 0.798. The van der Waals surface area contributed by atoms with Crippen LogP contribution in [0.4, 0.5) is 0 Å². The molecule has 2 aliphatic rings. The smallest absolute Gasteiger partial charge is 0.272 e. The first-order valence-corrected chi connectivity index (χ1v) is 9.43. The second-order valence-corrected chi connectivity index (χ2v) is 8.38. The topological polar surface area (TPSA) is 75.1 Å². The van der Waals surface area contributed by atoms with Gasteiger partial charge in [-0.05, 0) is 26.0 Å². The summed E-state index contributed by atoms with van der Waals surface area (Å²) in [4.78, 5) is 38.9. The van der Waals surface area contributed by atoms with Crippen molar-refractivity contribution in [1.29, 1.82) is 0 Å². The normalized spacial score (nSPS) is 23.1. The summed E-state index contributed by atoms with van der Waals surface area (Å²) >= 11 is 0. The lowest BCUT2D eigenvalue weighted by atomic mass is 9.87. The van der Waals surface area contributed by atoms with Gasteiger partial charge in [-0.1, -0.05) is 32.0 Å². The Bertz CT molecular complexity index is 769. The molecule has 7 nitrogen and oxygen atoms in total. The average Bonchev–Trinajstić information content (AvgIpc) is 3.11. The van der Waals surface area contributed by atoms with Gasteiger partial charge in [0.25, 0.3) is 11.8 Å². The third-order valence-corrected chi connectivity index (χ3v) is 5.12. The van der Waals surface area contributed by atoms with Gasteiger partial charge in [-0.2, -0.15) is 0 Å². The molecule has 0 saturated carbocycles. The predicted octanol–water partition coefficient (Wildman–Crippen LogP) is 2.25. The summed E-state index contributed by atoms with van der Waals surface area (Å²) in [5.41, 5.74) is 2.07. The second kappa shape index (κ2) is 7.29.